The van der Waals surface area contributed by atoms with Gasteiger partial charge in [0.15, 0.2) is 0 Å². The van der Waals surface area contributed by atoms with Crippen LogP contribution in [0.3, 0.4) is 0 Å². The third-order valence-electron chi connectivity index (χ3n) is 2.29. The van der Waals surface area contributed by atoms with Crippen LogP contribution in [0.5, 0.6) is 5.75 Å². The maximum atomic E-state index is 10.4. The van der Waals surface area contributed by atoms with Gasteiger partial charge in [0.1, 0.15) is 12.0 Å². The zero-order chi connectivity index (χ0) is 9.97. The molecular formula is C12H10O2. The summed E-state index contributed by atoms with van der Waals surface area (Å²) in [6.07, 6.45) is 1.26. The van der Waals surface area contributed by atoms with E-state index in [0.717, 1.165) is 22.6 Å². The van der Waals surface area contributed by atoms with Crippen molar-refractivity contribution in [2.24, 2.45) is 0 Å². The predicted octanol–water partition coefficient (Wildman–Crippen LogP) is 2.29. The fraction of sp³-hybridized carbons (Fsp3) is 0.0833. The molecule has 0 atom stereocenters. The average Bonchev–Trinajstić information content (AvgIpc) is 2.23. The van der Waals surface area contributed by atoms with Gasteiger partial charge in [-0.25, -0.2) is 0 Å². The van der Waals surface area contributed by atoms with Crippen molar-refractivity contribution in [2.45, 2.75) is 6.42 Å². The first-order valence-electron chi connectivity index (χ1n) is 4.46. The molecule has 0 aromatic heterocycles. The van der Waals surface area contributed by atoms with Crippen molar-refractivity contribution in [3.05, 3.63) is 42.0 Å². The summed E-state index contributed by atoms with van der Waals surface area (Å²) in [5, 5.41) is 11.3. The van der Waals surface area contributed by atoms with Crippen molar-refractivity contribution >= 4 is 17.1 Å². The lowest BCUT2D eigenvalue weighted by molar-refractivity contribution is -0.107. The van der Waals surface area contributed by atoms with Gasteiger partial charge in [0.05, 0.1) is 0 Å². The summed E-state index contributed by atoms with van der Waals surface area (Å²) >= 11 is 0. The maximum Gasteiger partial charge on any atom is 0.124 e. The lowest BCUT2D eigenvalue weighted by Gasteiger charge is -2.04. The molecule has 2 heteroatoms. The highest BCUT2D eigenvalue weighted by atomic mass is 16.3. The molecule has 0 amide bonds. The maximum absolute atomic E-state index is 10.4. The van der Waals surface area contributed by atoms with E-state index in [1.807, 2.05) is 24.3 Å². The Labute approximate surface area is 81.8 Å². The number of benzene rings is 2. The molecule has 2 aromatic rings. The smallest absolute Gasteiger partial charge is 0.124 e. The van der Waals surface area contributed by atoms with Crippen molar-refractivity contribution in [3.8, 4) is 5.75 Å². The van der Waals surface area contributed by atoms with E-state index in [2.05, 4.69) is 0 Å². The molecule has 0 fully saturated rings. The molecule has 0 aliphatic carbocycles. The second-order valence-corrected chi connectivity index (χ2v) is 3.16. The summed E-state index contributed by atoms with van der Waals surface area (Å²) in [4.78, 5) is 10.4. The summed E-state index contributed by atoms with van der Waals surface area (Å²) in [5.74, 6) is 0.259. The van der Waals surface area contributed by atoms with Crippen LogP contribution < -0.4 is 0 Å². The van der Waals surface area contributed by atoms with Crippen LogP contribution in [0.1, 0.15) is 5.56 Å². The van der Waals surface area contributed by atoms with E-state index >= 15 is 0 Å². The molecule has 0 saturated carbocycles. The van der Waals surface area contributed by atoms with Crippen LogP contribution in [0.4, 0.5) is 0 Å². The Kier molecular flexibility index (Phi) is 2.19. The number of rotatable bonds is 2. The number of aromatic hydroxyl groups is 1. The number of hydrogen-bond donors (Lipinski definition) is 1. The van der Waals surface area contributed by atoms with Crippen LogP contribution in [0.25, 0.3) is 10.8 Å². The largest absolute Gasteiger partial charge is 0.507 e. The molecule has 1 N–H and O–H groups in total. The van der Waals surface area contributed by atoms with E-state index in [4.69, 9.17) is 0 Å². The van der Waals surface area contributed by atoms with Crippen molar-refractivity contribution < 1.29 is 9.90 Å². The van der Waals surface area contributed by atoms with Crippen LogP contribution in [0.2, 0.25) is 0 Å². The van der Waals surface area contributed by atoms with E-state index in [1.165, 1.54) is 0 Å². The molecule has 2 rings (SSSR count). The Hall–Kier alpha value is -1.83. The Morgan fingerprint density at radius 3 is 2.50 bits per heavy atom. The highest BCUT2D eigenvalue weighted by molar-refractivity contribution is 5.91. The lowest BCUT2D eigenvalue weighted by Crippen LogP contribution is -1.87. The van der Waals surface area contributed by atoms with Gasteiger partial charge in [0.25, 0.3) is 0 Å². The van der Waals surface area contributed by atoms with Gasteiger partial charge in [-0.05, 0) is 17.0 Å². The Balaban J connectivity index is 2.74. The van der Waals surface area contributed by atoms with E-state index in [1.54, 1.807) is 12.1 Å². The van der Waals surface area contributed by atoms with E-state index < -0.39 is 0 Å². The molecule has 70 valence electrons. The fourth-order valence-corrected chi connectivity index (χ4v) is 1.61. The molecule has 0 bridgehead atoms. The van der Waals surface area contributed by atoms with Gasteiger partial charge in [0.2, 0.25) is 0 Å². The zero-order valence-electron chi connectivity index (χ0n) is 7.60. The third kappa shape index (κ3) is 1.35. The quantitative estimate of drug-likeness (QED) is 0.730. The predicted molar refractivity (Wildman–Crippen MR) is 55.4 cm³/mol. The first-order chi connectivity index (χ1) is 6.83. The van der Waals surface area contributed by atoms with Crippen LogP contribution in [0, 0.1) is 0 Å². The Bertz CT molecular complexity index is 475. The third-order valence-corrected chi connectivity index (χ3v) is 2.29. The molecule has 0 aliphatic rings. The first kappa shape index (κ1) is 8.75. The van der Waals surface area contributed by atoms with Crippen LogP contribution in [-0.4, -0.2) is 11.4 Å². The summed E-state index contributed by atoms with van der Waals surface area (Å²) in [6, 6.07) is 10.9. The number of carbonyl (C=O) groups is 1. The molecular weight excluding hydrogens is 176 g/mol. The van der Waals surface area contributed by atoms with Gasteiger partial charge in [-0.15, -0.1) is 0 Å². The highest BCUT2D eigenvalue weighted by Crippen LogP contribution is 2.27. The molecule has 0 radical (unpaired) electrons. The molecule has 0 saturated heterocycles. The summed E-state index contributed by atoms with van der Waals surface area (Å²) in [5.41, 5.74) is 0.952. The van der Waals surface area contributed by atoms with Gasteiger partial charge < -0.3 is 9.90 Å². The van der Waals surface area contributed by atoms with Crippen LogP contribution >= 0.6 is 0 Å². The highest BCUT2D eigenvalue weighted by Gasteiger charge is 2.03. The van der Waals surface area contributed by atoms with Gasteiger partial charge >= 0.3 is 0 Å². The summed E-state index contributed by atoms with van der Waals surface area (Å²) in [6.45, 7) is 0. The fourth-order valence-electron chi connectivity index (χ4n) is 1.61. The number of aldehydes is 1. The van der Waals surface area contributed by atoms with Gasteiger partial charge in [-0.1, -0.05) is 30.3 Å². The normalized spacial score (nSPS) is 10.3. The first-order valence-corrected chi connectivity index (χ1v) is 4.46. The number of carbonyl (C=O) groups excluding carboxylic acids is 1. The SMILES string of the molecule is O=CCc1ccc(O)c2ccccc12. The number of hydrogen-bond acceptors (Lipinski definition) is 2. The number of fused-ring (bicyclic) bond motifs is 1. The monoisotopic (exact) mass is 186 g/mol. The lowest BCUT2D eigenvalue weighted by atomic mass is 10.0. The second-order valence-electron chi connectivity index (χ2n) is 3.16. The Morgan fingerprint density at radius 2 is 1.79 bits per heavy atom. The molecule has 0 aliphatic heterocycles. The van der Waals surface area contributed by atoms with E-state index in [-0.39, 0.29) is 5.75 Å². The summed E-state index contributed by atoms with van der Waals surface area (Å²) < 4.78 is 0. The molecule has 0 unspecified atom stereocenters. The van der Waals surface area contributed by atoms with E-state index in [9.17, 15) is 9.90 Å². The van der Waals surface area contributed by atoms with Crippen LogP contribution in [0.15, 0.2) is 36.4 Å². The summed E-state index contributed by atoms with van der Waals surface area (Å²) in [7, 11) is 0. The zero-order valence-corrected chi connectivity index (χ0v) is 7.60. The van der Waals surface area contributed by atoms with Crippen molar-refractivity contribution in [2.75, 3.05) is 0 Å². The number of phenols is 1. The van der Waals surface area contributed by atoms with Crippen molar-refractivity contribution in [1.29, 1.82) is 0 Å². The molecule has 0 heterocycles. The minimum absolute atomic E-state index is 0.259. The molecule has 2 aromatic carbocycles. The Morgan fingerprint density at radius 1 is 1.07 bits per heavy atom. The van der Waals surface area contributed by atoms with Crippen molar-refractivity contribution in [3.63, 3.8) is 0 Å². The minimum atomic E-state index is 0.259. The van der Waals surface area contributed by atoms with Crippen molar-refractivity contribution in [1.82, 2.24) is 0 Å². The van der Waals surface area contributed by atoms with Gasteiger partial charge in [-0.2, -0.15) is 0 Å². The minimum Gasteiger partial charge on any atom is -0.507 e. The molecule has 2 nitrogen and oxygen atoms in total. The second kappa shape index (κ2) is 3.50. The topological polar surface area (TPSA) is 37.3 Å². The standard InChI is InChI=1S/C12H10O2/c13-8-7-9-5-6-12(14)11-4-2-1-3-10(9)11/h1-6,8,14H,7H2. The van der Waals surface area contributed by atoms with Gasteiger partial charge in [-0.3, -0.25) is 0 Å². The molecule has 0 spiro atoms. The molecule has 14 heavy (non-hydrogen) atoms. The van der Waals surface area contributed by atoms with E-state index in [0.29, 0.717) is 6.42 Å². The van der Waals surface area contributed by atoms with Gasteiger partial charge in [0, 0.05) is 11.8 Å². The van der Waals surface area contributed by atoms with Crippen LogP contribution in [-0.2, 0) is 11.2 Å². The number of phenolic OH excluding ortho intramolecular Hbond substituents is 1. The average molecular weight is 186 g/mol.